The second kappa shape index (κ2) is 11.3. The first kappa shape index (κ1) is 21.7. The number of nitrogens with zero attached hydrogens (tertiary/aromatic N) is 3. The van der Waals surface area contributed by atoms with E-state index in [0.29, 0.717) is 25.5 Å². The number of aliphatic imine (C=N–C) groups is 1. The number of para-hydroxylation sites is 1. The zero-order valence-electron chi connectivity index (χ0n) is 17.3. The molecule has 0 radical (unpaired) electrons. The molecule has 0 saturated heterocycles. The number of rotatable bonds is 8. The molecule has 0 saturated carbocycles. The average Bonchev–Trinajstić information content (AvgIpc) is 2.72. The topological polar surface area (TPSA) is 77.0 Å². The monoisotopic (exact) mass is 387 g/mol. The molecule has 0 unspecified atom stereocenters. The molecule has 0 fully saturated rings. The molecule has 1 heterocycles. The summed E-state index contributed by atoms with van der Waals surface area (Å²) in [5, 5.41) is 6.29. The number of carbonyl (C=O) groups excluding carboxylic acids is 2. The van der Waals surface area contributed by atoms with Crippen molar-refractivity contribution >= 4 is 23.5 Å². The van der Waals surface area contributed by atoms with Crippen LogP contribution in [0.25, 0.3) is 0 Å². The lowest BCUT2D eigenvalue weighted by molar-refractivity contribution is -0.130. The number of hydrogen-bond acceptors (Lipinski definition) is 3. The van der Waals surface area contributed by atoms with Crippen LogP contribution in [0, 0.1) is 0 Å². The van der Waals surface area contributed by atoms with Gasteiger partial charge in [-0.1, -0.05) is 18.2 Å². The number of guanidine groups is 1. The van der Waals surface area contributed by atoms with Crippen molar-refractivity contribution in [3.8, 4) is 0 Å². The number of carbonyl (C=O) groups is 2. The van der Waals surface area contributed by atoms with Crippen molar-refractivity contribution in [1.82, 2.24) is 15.5 Å². The summed E-state index contributed by atoms with van der Waals surface area (Å²) in [5.74, 6) is 0.673. The van der Waals surface area contributed by atoms with Gasteiger partial charge in [-0.05, 0) is 45.2 Å². The van der Waals surface area contributed by atoms with E-state index in [1.54, 1.807) is 0 Å². The number of anilines is 1. The van der Waals surface area contributed by atoms with Crippen molar-refractivity contribution in [2.45, 2.75) is 40.0 Å². The summed E-state index contributed by atoms with van der Waals surface area (Å²) < 4.78 is 0. The fraction of sp³-hybridized carbons (Fsp3) is 0.571. The molecule has 1 aliphatic heterocycles. The molecule has 1 aromatic rings. The molecule has 154 valence electrons. The normalized spacial score (nSPS) is 13.7. The van der Waals surface area contributed by atoms with Gasteiger partial charge in [-0.25, -0.2) is 4.99 Å². The number of aryl methyl sites for hydroxylation is 1. The average molecular weight is 388 g/mol. The molecule has 1 aromatic carbocycles. The highest BCUT2D eigenvalue weighted by Crippen LogP contribution is 2.26. The van der Waals surface area contributed by atoms with Gasteiger partial charge < -0.3 is 20.4 Å². The van der Waals surface area contributed by atoms with Crippen LogP contribution in [-0.2, 0) is 16.0 Å². The van der Waals surface area contributed by atoms with E-state index < -0.39 is 0 Å². The van der Waals surface area contributed by atoms with E-state index in [4.69, 9.17) is 0 Å². The minimum atomic E-state index is -0.0106. The Morgan fingerprint density at radius 2 is 1.89 bits per heavy atom. The summed E-state index contributed by atoms with van der Waals surface area (Å²) >= 11 is 0. The predicted molar refractivity (Wildman–Crippen MR) is 114 cm³/mol. The fourth-order valence-corrected chi connectivity index (χ4v) is 3.39. The van der Waals surface area contributed by atoms with Gasteiger partial charge in [0.25, 0.3) is 0 Å². The van der Waals surface area contributed by atoms with E-state index in [0.717, 1.165) is 38.2 Å². The van der Waals surface area contributed by atoms with E-state index in [9.17, 15) is 9.59 Å². The maximum atomic E-state index is 12.7. The third-order valence-corrected chi connectivity index (χ3v) is 4.88. The largest absolute Gasteiger partial charge is 0.357 e. The minimum absolute atomic E-state index is 0.0106. The zero-order chi connectivity index (χ0) is 20.4. The molecule has 0 bridgehead atoms. The third kappa shape index (κ3) is 5.97. The highest BCUT2D eigenvalue weighted by molar-refractivity contribution is 5.97. The molecular formula is C21H33N5O2. The summed E-state index contributed by atoms with van der Waals surface area (Å²) in [6.45, 7) is 9.35. The molecule has 0 aromatic heterocycles. The number of hydrogen-bond donors (Lipinski definition) is 2. The van der Waals surface area contributed by atoms with Crippen molar-refractivity contribution in [1.29, 1.82) is 0 Å². The van der Waals surface area contributed by atoms with Gasteiger partial charge in [0.15, 0.2) is 5.96 Å². The molecule has 0 atom stereocenters. The van der Waals surface area contributed by atoms with Gasteiger partial charge in [0.1, 0.15) is 6.54 Å². The van der Waals surface area contributed by atoms with Crippen LogP contribution in [0.3, 0.4) is 0 Å². The quantitative estimate of drug-likeness (QED) is 0.527. The van der Waals surface area contributed by atoms with Crippen LogP contribution in [0.5, 0.6) is 0 Å². The summed E-state index contributed by atoms with van der Waals surface area (Å²) in [6.07, 6.45) is 2.38. The van der Waals surface area contributed by atoms with Crippen LogP contribution in [0.2, 0.25) is 0 Å². The Labute approximate surface area is 168 Å². The van der Waals surface area contributed by atoms with E-state index in [-0.39, 0.29) is 18.4 Å². The van der Waals surface area contributed by atoms with E-state index in [2.05, 4.69) is 21.7 Å². The number of nitrogens with one attached hydrogen (secondary N) is 2. The van der Waals surface area contributed by atoms with Gasteiger partial charge in [-0.3, -0.25) is 9.59 Å². The van der Waals surface area contributed by atoms with Crippen LogP contribution in [0.1, 0.15) is 39.2 Å². The second-order valence-electron chi connectivity index (χ2n) is 6.72. The van der Waals surface area contributed by atoms with Crippen LogP contribution in [0.4, 0.5) is 5.69 Å². The van der Waals surface area contributed by atoms with Crippen molar-refractivity contribution in [2.75, 3.05) is 44.2 Å². The summed E-state index contributed by atoms with van der Waals surface area (Å²) in [6, 6.07) is 8.05. The Kier molecular flexibility index (Phi) is 8.78. The zero-order valence-corrected chi connectivity index (χ0v) is 17.3. The van der Waals surface area contributed by atoms with Crippen LogP contribution in [0.15, 0.2) is 29.3 Å². The molecular weight excluding hydrogens is 354 g/mol. The maximum Gasteiger partial charge on any atom is 0.248 e. The smallest absolute Gasteiger partial charge is 0.248 e. The Bertz CT molecular complexity index is 685. The molecule has 2 rings (SSSR count). The highest BCUT2D eigenvalue weighted by atomic mass is 16.2. The van der Waals surface area contributed by atoms with Gasteiger partial charge in [-0.15, -0.1) is 0 Å². The SMILES string of the molecule is CCNC(=NCC(=O)N1CCCc2ccccc21)NCCC(=O)N(CC)CC. The summed E-state index contributed by atoms with van der Waals surface area (Å²) in [5.41, 5.74) is 2.21. The molecule has 2 amide bonds. The molecule has 1 aliphatic rings. The lowest BCUT2D eigenvalue weighted by Gasteiger charge is -2.29. The Morgan fingerprint density at radius 3 is 2.61 bits per heavy atom. The summed E-state index contributed by atoms with van der Waals surface area (Å²) in [7, 11) is 0. The summed E-state index contributed by atoms with van der Waals surface area (Å²) in [4.78, 5) is 32.9. The lowest BCUT2D eigenvalue weighted by atomic mass is 10.0. The lowest BCUT2D eigenvalue weighted by Crippen LogP contribution is -2.42. The van der Waals surface area contributed by atoms with E-state index in [1.807, 2.05) is 48.8 Å². The van der Waals surface area contributed by atoms with Gasteiger partial charge in [0.05, 0.1) is 0 Å². The Morgan fingerprint density at radius 1 is 1.14 bits per heavy atom. The van der Waals surface area contributed by atoms with Crippen molar-refractivity contribution in [2.24, 2.45) is 4.99 Å². The van der Waals surface area contributed by atoms with Crippen LogP contribution in [-0.4, -0.2) is 61.9 Å². The van der Waals surface area contributed by atoms with E-state index >= 15 is 0 Å². The van der Waals surface area contributed by atoms with Crippen LogP contribution >= 0.6 is 0 Å². The third-order valence-electron chi connectivity index (χ3n) is 4.88. The number of fused-ring (bicyclic) bond motifs is 1. The van der Waals surface area contributed by atoms with Crippen LogP contribution < -0.4 is 15.5 Å². The molecule has 28 heavy (non-hydrogen) atoms. The van der Waals surface area contributed by atoms with Gasteiger partial charge in [0.2, 0.25) is 11.8 Å². The van der Waals surface area contributed by atoms with E-state index in [1.165, 1.54) is 5.56 Å². The fourth-order valence-electron chi connectivity index (χ4n) is 3.39. The molecule has 2 N–H and O–H groups in total. The van der Waals surface area contributed by atoms with Gasteiger partial charge >= 0.3 is 0 Å². The molecule has 7 nitrogen and oxygen atoms in total. The predicted octanol–water partition coefficient (Wildman–Crippen LogP) is 1.78. The number of benzene rings is 1. The second-order valence-corrected chi connectivity index (χ2v) is 6.72. The van der Waals surface area contributed by atoms with Crippen molar-refractivity contribution in [3.05, 3.63) is 29.8 Å². The number of amides is 2. The molecule has 0 aliphatic carbocycles. The van der Waals surface area contributed by atoms with Crippen molar-refractivity contribution < 1.29 is 9.59 Å². The molecule has 0 spiro atoms. The van der Waals surface area contributed by atoms with Gasteiger partial charge in [-0.2, -0.15) is 0 Å². The first-order valence-electron chi connectivity index (χ1n) is 10.3. The Balaban J connectivity index is 1.92. The standard InChI is InChI=1S/C21H33N5O2/c1-4-22-21(23-14-13-19(27)25(5-2)6-3)24-16-20(28)26-15-9-11-17-10-7-8-12-18(17)26/h7-8,10,12H,4-6,9,11,13-16H2,1-3H3,(H2,22,23,24). The van der Waals surface area contributed by atoms with Gasteiger partial charge in [0, 0.05) is 44.8 Å². The first-order valence-corrected chi connectivity index (χ1v) is 10.3. The maximum absolute atomic E-state index is 12.7. The first-order chi connectivity index (χ1) is 13.6. The highest BCUT2D eigenvalue weighted by Gasteiger charge is 2.21. The Hall–Kier alpha value is -2.57. The minimum Gasteiger partial charge on any atom is -0.357 e. The van der Waals surface area contributed by atoms with Crippen molar-refractivity contribution in [3.63, 3.8) is 0 Å². The molecule has 7 heteroatoms.